The third kappa shape index (κ3) is 6.79. The van der Waals surface area contributed by atoms with Crippen molar-refractivity contribution in [2.45, 2.75) is 51.9 Å². The van der Waals surface area contributed by atoms with E-state index < -0.39 is 6.29 Å². The molecule has 38 heavy (non-hydrogen) atoms. The fraction of sp³-hybridized carbons (Fsp3) is 0.387. The van der Waals surface area contributed by atoms with Crippen molar-refractivity contribution < 1.29 is 19.4 Å². The Morgan fingerprint density at radius 2 is 1.74 bits per heavy atom. The Balaban J connectivity index is 1.59. The molecule has 5 atom stereocenters. The molecule has 0 radical (unpaired) electrons. The van der Waals surface area contributed by atoms with Gasteiger partial charge in [-0.15, -0.1) is 0 Å². The van der Waals surface area contributed by atoms with Crippen molar-refractivity contribution in [2.75, 3.05) is 25.5 Å². The smallest absolute Gasteiger partial charge is 0.319 e. The maximum Gasteiger partial charge on any atom is 0.319 e. The topological polar surface area (TPSA) is 83.1 Å². The number of ether oxygens (including phenoxy) is 2. The first kappa shape index (κ1) is 27.8. The lowest BCUT2D eigenvalue weighted by atomic mass is 9.89. The molecule has 3 aromatic rings. The van der Waals surface area contributed by atoms with Crippen LogP contribution in [0.25, 0.3) is 0 Å². The lowest BCUT2D eigenvalue weighted by molar-refractivity contribution is -0.276. The molecule has 4 rings (SSSR count). The molecule has 7 nitrogen and oxygen atoms in total. The van der Waals surface area contributed by atoms with Gasteiger partial charge in [0.05, 0.1) is 18.8 Å². The largest absolute Gasteiger partial charge is 0.392 e. The predicted molar refractivity (Wildman–Crippen MR) is 150 cm³/mol. The monoisotopic (exact) mass is 517 g/mol. The average molecular weight is 518 g/mol. The predicted octanol–water partition coefficient (Wildman–Crippen LogP) is 5.80. The number of aliphatic hydroxyl groups is 1. The van der Waals surface area contributed by atoms with Crippen LogP contribution < -0.4 is 10.6 Å². The number of anilines is 1. The number of hydrogen-bond donors (Lipinski definition) is 3. The lowest BCUT2D eigenvalue weighted by Crippen LogP contribution is -2.44. The van der Waals surface area contributed by atoms with Crippen LogP contribution in [0.5, 0.6) is 0 Å². The van der Waals surface area contributed by atoms with Crippen LogP contribution in [0.2, 0.25) is 0 Å². The molecular weight excluding hydrogens is 478 g/mol. The molecule has 3 aromatic carbocycles. The number of hydrogen-bond acceptors (Lipinski definition) is 5. The van der Waals surface area contributed by atoms with Gasteiger partial charge in [-0.25, -0.2) is 4.79 Å². The molecule has 1 aliphatic rings. The summed E-state index contributed by atoms with van der Waals surface area (Å²) in [5, 5.41) is 15.1. The zero-order chi connectivity index (χ0) is 27.1. The summed E-state index contributed by atoms with van der Waals surface area (Å²) in [5.74, 6) is 0.0771. The second-order valence-corrected chi connectivity index (χ2v) is 9.96. The number of amides is 2. The first-order valence-electron chi connectivity index (χ1n) is 13.3. The Morgan fingerprint density at radius 3 is 2.42 bits per heavy atom. The van der Waals surface area contributed by atoms with Gasteiger partial charge in [-0.3, -0.25) is 4.90 Å². The van der Waals surface area contributed by atoms with Gasteiger partial charge in [-0.2, -0.15) is 0 Å². The SMILES string of the molecule is CCNC(=O)Nc1cccc([C@H]2O[C@@H](CN(C)[C@@H](C)c3ccccc3)[C@@H](C)[C@@H](c3ccc(CO)cc3)O2)c1. The molecule has 0 unspecified atom stereocenters. The van der Waals surface area contributed by atoms with Gasteiger partial charge in [0.1, 0.15) is 0 Å². The summed E-state index contributed by atoms with van der Waals surface area (Å²) in [4.78, 5) is 14.4. The Morgan fingerprint density at radius 1 is 1.00 bits per heavy atom. The number of carbonyl (C=O) groups excluding carboxylic acids is 1. The normalized spacial score (nSPS) is 22.2. The Labute approximate surface area is 225 Å². The third-order valence-electron chi connectivity index (χ3n) is 7.29. The van der Waals surface area contributed by atoms with Crippen LogP contribution in [-0.2, 0) is 16.1 Å². The van der Waals surface area contributed by atoms with E-state index in [4.69, 9.17) is 9.47 Å². The number of rotatable bonds is 9. The highest BCUT2D eigenvalue weighted by molar-refractivity contribution is 5.89. The van der Waals surface area contributed by atoms with Crippen LogP contribution in [0.1, 0.15) is 61.5 Å². The van der Waals surface area contributed by atoms with Gasteiger partial charge < -0.3 is 25.2 Å². The molecule has 1 fully saturated rings. The van der Waals surface area contributed by atoms with E-state index in [1.165, 1.54) is 5.56 Å². The standard InChI is InChI=1S/C31H39N3O4/c1-5-32-31(36)33-27-13-9-12-26(18-27)30-37-28(19-34(4)22(3)24-10-7-6-8-11-24)21(2)29(38-30)25-16-14-23(20-35)15-17-25/h6-18,21-22,28-30,35H,5,19-20H2,1-4H3,(H2,32,33,36)/t21-,22+,28+,29+,30+/m1/s1. The summed E-state index contributed by atoms with van der Waals surface area (Å²) in [5.41, 5.74) is 4.68. The zero-order valence-corrected chi connectivity index (χ0v) is 22.6. The Kier molecular flexibility index (Phi) is 9.53. The number of nitrogens with zero attached hydrogens (tertiary/aromatic N) is 1. The van der Waals surface area contributed by atoms with Gasteiger partial charge in [0, 0.05) is 36.3 Å². The van der Waals surface area contributed by atoms with Crippen molar-refractivity contribution in [1.82, 2.24) is 10.2 Å². The zero-order valence-electron chi connectivity index (χ0n) is 22.6. The second-order valence-electron chi connectivity index (χ2n) is 9.96. The first-order chi connectivity index (χ1) is 18.4. The minimum Gasteiger partial charge on any atom is -0.392 e. The molecule has 1 saturated heterocycles. The van der Waals surface area contributed by atoms with Crippen LogP contribution in [0.3, 0.4) is 0 Å². The van der Waals surface area contributed by atoms with Crippen molar-refractivity contribution in [1.29, 1.82) is 0 Å². The third-order valence-corrected chi connectivity index (χ3v) is 7.29. The van der Waals surface area contributed by atoms with Gasteiger partial charge in [-0.1, -0.05) is 73.7 Å². The van der Waals surface area contributed by atoms with Crippen LogP contribution in [0.4, 0.5) is 10.5 Å². The van der Waals surface area contributed by atoms with Gasteiger partial charge >= 0.3 is 6.03 Å². The van der Waals surface area contributed by atoms with Crippen molar-refractivity contribution in [3.05, 3.63) is 101 Å². The van der Waals surface area contributed by atoms with Gasteiger partial charge in [0.2, 0.25) is 0 Å². The highest BCUT2D eigenvalue weighted by atomic mass is 16.7. The van der Waals surface area contributed by atoms with E-state index >= 15 is 0 Å². The summed E-state index contributed by atoms with van der Waals surface area (Å²) >= 11 is 0. The second kappa shape index (κ2) is 13.0. The van der Waals surface area contributed by atoms with Gasteiger partial charge in [0.15, 0.2) is 6.29 Å². The van der Waals surface area contributed by atoms with Crippen molar-refractivity contribution >= 4 is 11.7 Å². The van der Waals surface area contributed by atoms with Crippen LogP contribution >= 0.6 is 0 Å². The molecule has 1 aliphatic heterocycles. The molecule has 0 aliphatic carbocycles. The Hall–Kier alpha value is -3.23. The maximum absolute atomic E-state index is 12.1. The molecular formula is C31H39N3O4. The Bertz CT molecular complexity index is 1170. The number of benzene rings is 3. The van der Waals surface area contributed by atoms with Crippen LogP contribution in [-0.4, -0.2) is 42.3 Å². The summed E-state index contributed by atoms with van der Waals surface area (Å²) in [7, 11) is 2.13. The molecule has 3 N–H and O–H groups in total. The van der Waals surface area contributed by atoms with Crippen molar-refractivity contribution in [3.8, 4) is 0 Å². The molecule has 0 saturated carbocycles. The fourth-order valence-corrected chi connectivity index (χ4v) is 4.85. The van der Waals surface area contributed by atoms with Gasteiger partial charge in [-0.05, 0) is 49.7 Å². The number of urea groups is 1. The highest BCUT2D eigenvalue weighted by Gasteiger charge is 2.39. The molecule has 202 valence electrons. The highest BCUT2D eigenvalue weighted by Crippen LogP contribution is 2.42. The van der Waals surface area contributed by atoms with E-state index in [2.05, 4.69) is 60.7 Å². The van der Waals surface area contributed by atoms with E-state index in [1.54, 1.807) is 0 Å². The van der Waals surface area contributed by atoms with E-state index in [-0.39, 0.29) is 36.8 Å². The molecule has 2 amide bonds. The summed E-state index contributed by atoms with van der Waals surface area (Å²) in [6.07, 6.45) is -0.908. The van der Waals surface area contributed by atoms with E-state index in [0.717, 1.165) is 23.2 Å². The molecule has 0 aromatic heterocycles. The maximum atomic E-state index is 12.1. The average Bonchev–Trinajstić information content (AvgIpc) is 2.94. The van der Waals surface area contributed by atoms with E-state index in [9.17, 15) is 9.90 Å². The fourth-order valence-electron chi connectivity index (χ4n) is 4.85. The molecule has 0 bridgehead atoms. The lowest BCUT2D eigenvalue weighted by Gasteiger charge is -2.43. The quantitative estimate of drug-likeness (QED) is 0.334. The van der Waals surface area contributed by atoms with E-state index in [1.807, 2.05) is 61.5 Å². The number of nitrogens with one attached hydrogen (secondary N) is 2. The minimum absolute atomic E-state index is 0.00326. The van der Waals surface area contributed by atoms with Crippen molar-refractivity contribution in [3.63, 3.8) is 0 Å². The molecule has 0 spiro atoms. The summed E-state index contributed by atoms with van der Waals surface area (Å²) in [6.45, 7) is 7.52. The number of carbonyl (C=O) groups is 1. The van der Waals surface area contributed by atoms with Crippen LogP contribution in [0.15, 0.2) is 78.9 Å². The first-order valence-corrected chi connectivity index (χ1v) is 13.3. The summed E-state index contributed by atoms with van der Waals surface area (Å²) < 4.78 is 13.2. The van der Waals surface area contributed by atoms with Gasteiger partial charge in [0.25, 0.3) is 0 Å². The minimum atomic E-state index is -0.602. The molecule has 7 heteroatoms. The number of likely N-dealkylation sites (N-methyl/N-ethyl adjacent to an activating group) is 1. The number of aliphatic hydroxyl groups excluding tert-OH is 1. The van der Waals surface area contributed by atoms with E-state index in [0.29, 0.717) is 12.2 Å². The molecule has 1 heterocycles. The van der Waals surface area contributed by atoms with Crippen molar-refractivity contribution in [2.24, 2.45) is 5.92 Å². The van der Waals surface area contributed by atoms with Crippen LogP contribution in [0, 0.1) is 5.92 Å². The summed E-state index contributed by atoms with van der Waals surface area (Å²) in [6, 6.07) is 26.0.